The van der Waals surface area contributed by atoms with Crippen LogP contribution in [0.2, 0.25) is 0 Å². The lowest BCUT2D eigenvalue weighted by Gasteiger charge is -2.12. The number of carbonyl (C=O) groups excluding carboxylic acids is 1. The third-order valence-electron chi connectivity index (χ3n) is 3.75. The molecule has 0 radical (unpaired) electrons. The second-order valence-electron chi connectivity index (χ2n) is 5.45. The van der Waals surface area contributed by atoms with Gasteiger partial charge in [-0.25, -0.2) is 13.2 Å². The van der Waals surface area contributed by atoms with Crippen LogP contribution in [0.15, 0.2) is 54.6 Å². The van der Waals surface area contributed by atoms with Crippen molar-refractivity contribution in [3.8, 4) is 0 Å². The van der Waals surface area contributed by atoms with E-state index in [-0.39, 0.29) is 13.0 Å². The van der Waals surface area contributed by atoms with Crippen molar-refractivity contribution in [2.75, 3.05) is 12.4 Å². The van der Waals surface area contributed by atoms with Crippen LogP contribution in [0.4, 0.5) is 0 Å². The lowest BCUT2D eigenvalue weighted by atomic mass is 9.97. The topological polar surface area (TPSA) is 83.5 Å². The summed E-state index contributed by atoms with van der Waals surface area (Å²) in [6.45, 7) is -0.113. The molecule has 0 saturated heterocycles. The van der Waals surface area contributed by atoms with E-state index in [1.54, 1.807) is 0 Å². The van der Waals surface area contributed by atoms with Crippen LogP contribution in [0.5, 0.6) is 0 Å². The molecule has 0 atom stereocenters. The largest absolute Gasteiger partial charge is 0.748 e. The van der Waals surface area contributed by atoms with Gasteiger partial charge in [0.05, 0.1) is 22.3 Å². The molecular formula is C18H15O5S-. The quantitative estimate of drug-likeness (QED) is 0.308. The van der Waals surface area contributed by atoms with E-state index in [4.69, 9.17) is 4.74 Å². The van der Waals surface area contributed by atoms with Crippen molar-refractivity contribution >= 4 is 37.6 Å². The molecule has 0 saturated carbocycles. The number of ether oxygens (including phenoxy) is 1. The minimum absolute atomic E-state index is 0.0136. The molecule has 0 N–H and O–H groups in total. The van der Waals surface area contributed by atoms with Gasteiger partial charge in [-0.2, -0.15) is 0 Å². The monoisotopic (exact) mass is 343 g/mol. The molecule has 0 unspecified atom stereocenters. The lowest BCUT2D eigenvalue weighted by molar-refractivity contribution is 0.0509. The molecule has 0 heterocycles. The van der Waals surface area contributed by atoms with Crippen LogP contribution in [0.1, 0.15) is 16.8 Å². The fourth-order valence-corrected chi connectivity index (χ4v) is 3.18. The summed E-state index contributed by atoms with van der Waals surface area (Å²) in [5.41, 5.74) is 0.452. The second-order valence-corrected chi connectivity index (χ2v) is 6.97. The summed E-state index contributed by atoms with van der Waals surface area (Å²) >= 11 is 0. The number of carbonyl (C=O) groups is 1. The Morgan fingerprint density at radius 3 is 2.04 bits per heavy atom. The molecule has 0 fully saturated rings. The Labute approximate surface area is 139 Å². The first-order chi connectivity index (χ1) is 11.5. The first-order valence-corrected chi connectivity index (χ1v) is 9.04. The number of benzene rings is 3. The fourth-order valence-electron chi connectivity index (χ4n) is 2.71. The number of hydrogen-bond acceptors (Lipinski definition) is 5. The SMILES string of the molecule is O=C(OCCCS(=O)(=O)[O-])c1c2ccccc2cc2ccccc12. The maximum absolute atomic E-state index is 12.5. The molecule has 3 aromatic rings. The van der Waals surface area contributed by atoms with Gasteiger partial charge in [-0.15, -0.1) is 0 Å². The molecule has 0 spiro atoms. The standard InChI is InChI=1S/C18H16O5S/c19-18(23-10-5-11-24(20,21)22)17-15-8-3-1-6-13(15)12-14-7-2-4-9-16(14)17/h1-4,6-9,12H,5,10-11H2,(H,20,21,22)/p-1. The van der Waals surface area contributed by atoms with Gasteiger partial charge in [-0.1, -0.05) is 48.5 Å². The van der Waals surface area contributed by atoms with E-state index in [2.05, 4.69) is 0 Å². The Morgan fingerprint density at radius 1 is 0.958 bits per heavy atom. The van der Waals surface area contributed by atoms with E-state index in [9.17, 15) is 17.8 Å². The normalized spacial score (nSPS) is 11.7. The van der Waals surface area contributed by atoms with Crippen molar-refractivity contribution in [3.05, 3.63) is 60.2 Å². The third-order valence-corrected chi connectivity index (χ3v) is 4.54. The van der Waals surface area contributed by atoms with Crippen LogP contribution in [-0.4, -0.2) is 31.3 Å². The van der Waals surface area contributed by atoms with Gasteiger partial charge >= 0.3 is 5.97 Å². The number of fused-ring (bicyclic) bond motifs is 2. The second kappa shape index (κ2) is 6.59. The molecular weight excluding hydrogens is 328 g/mol. The highest BCUT2D eigenvalue weighted by Crippen LogP contribution is 2.29. The maximum Gasteiger partial charge on any atom is 0.339 e. The van der Waals surface area contributed by atoms with Crippen LogP contribution < -0.4 is 0 Å². The Balaban J connectivity index is 1.95. The van der Waals surface area contributed by atoms with E-state index < -0.39 is 21.8 Å². The minimum atomic E-state index is -4.30. The van der Waals surface area contributed by atoms with E-state index in [0.29, 0.717) is 5.56 Å². The lowest BCUT2D eigenvalue weighted by Crippen LogP contribution is -2.12. The summed E-state index contributed by atoms with van der Waals surface area (Å²) in [5.74, 6) is -1.07. The van der Waals surface area contributed by atoms with Gasteiger partial charge in [-0.3, -0.25) is 0 Å². The summed E-state index contributed by atoms with van der Waals surface area (Å²) in [6, 6.07) is 17.0. The van der Waals surface area contributed by atoms with Gasteiger partial charge in [-0.05, 0) is 34.0 Å². The van der Waals surface area contributed by atoms with Gasteiger partial charge in [0.15, 0.2) is 0 Å². The Bertz CT molecular complexity index is 954. The molecule has 0 aliphatic carbocycles. The molecule has 5 nitrogen and oxygen atoms in total. The summed E-state index contributed by atoms with van der Waals surface area (Å²) in [5, 5.41) is 3.39. The molecule has 0 bridgehead atoms. The van der Waals surface area contributed by atoms with E-state index in [0.717, 1.165) is 21.5 Å². The third kappa shape index (κ3) is 3.55. The first kappa shape index (κ1) is 16.4. The van der Waals surface area contributed by atoms with Crippen molar-refractivity contribution in [3.63, 3.8) is 0 Å². The zero-order valence-corrected chi connectivity index (χ0v) is 13.6. The van der Waals surface area contributed by atoms with Crippen LogP contribution in [0.25, 0.3) is 21.5 Å². The van der Waals surface area contributed by atoms with Crippen LogP contribution in [0, 0.1) is 0 Å². The molecule has 3 aromatic carbocycles. The van der Waals surface area contributed by atoms with Crippen LogP contribution in [-0.2, 0) is 14.9 Å². The molecule has 6 heteroatoms. The van der Waals surface area contributed by atoms with E-state index >= 15 is 0 Å². The average molecular weight is 343 g/mol. The Morgan fingerprint density at radius 2 is 1.50 bits per heavy atom. The molecule has 0 aromatic heterocycles. The van der Waals surface area contributed by atoms with Crippen molar-refractivity contribution in [1.82, 2.24) is 0 Å². The highest BCUT2D eigenvalue weighted by atomic mass is 32.2. The Kier molecular flexibility index (Phi) is 4.51. The zero-order chi connectivity index (χ0) is 17.2. The van der Waals surface area contributed by atoms with Gasteiger partial charge in [0, 0.05) is 5.75 Å². The maximum atomic E-state index is 12.5. The van der Waals surface area contributed by atoms with E-state index in [1.165, 1.54) is 0 Å². The highest BCUT2D eigenvalue weighted by Gasteiger charge is 2.16. The van der Waals surface area contributed by atoms with Crippen molar-refractivity contribution in [1.29, 1.82) is 0 Å². The zero-order valence-electron chi connectivity index (χ0n) is 12.8. The molecule has 3 rings (SSSR count). The van der Waals surface area contributed by atoms with Crippen LogP contribution >= 0.6 is 0 Å². The first-order valence-electron chi connectivity index (χ1n) is 7.47. The molecule has 0 aliphatic rings. The summed E-state index contributed by atoms with van der Waals surface area (Å²) in [4.78, 5) is 12.5. The molecule has 0 aliphatic heterocycles. The number of esters is 1. The predicted octanol–water partition coefficient (Wildman–Crippen LogP) is 3.09. The summed E-state index contributed by atoms with van der Waals surface area (Å²) in [6.07, 6.45) is -0.0136. The van der Waals surface area contributed by atoms with Gasteiger partial charge in [0.2, 0.25) is 0 Å². The molecule has 24 heavy (non-hydrogen) atoms. The predicted molar refractivity (Wildman–Crippen MR) is 90.9 cm³/mol. The molecule has 124 valence electrons. The smallest absolute Gasteiger partial charge is 0.339 e. The van der Waals surface area contributed by atoms with Crippen molar-refractivity contribution < 1.29 is 22.5 Å². The van der Waals surface area contributed by atoms with E-state index in [1.807, 2.05) is 54.6 Å². The van der Waals surface area contributed by atoms with Gasteiger partial charge < -0.3 is 9.29 Å². The summed E-state index contributed by atoms with van der Waals surface area (Å²) in [7, 11) is -4.30. The van der Waals surface area contributed by atoms with Gasteiger partial charge in [0.25, 0.3) is 0 Å². The average Bonchev–Trinajstić information content (AvgIpc) is 2.55. The number of hydrogen-bond donors (Lipinski definition) is 0. The van der Waals surface area contributed by atoms with Crippen molar-refractivity contribution in [2.45, 2.75) is 6.42 Å². The number of rotatable bonds is 5. The Hall–Kier alpha value is -2.44. The fraction of sp³-hybridized carbons (Fsp3) is 0.167. The highest BCUT2D eigenvalue weighted by molar-refractivity contribution is 7.85. The molecule has 0 amide bonds. The van der Waals surface area contributed by atoms with Gasteiger partial charge in [0.1, 0.15) is 0 Å². The van der Waals surface area contributed by atoms with Crippen LogP contribution in [0.3, 0.4) is 0 Å². The minimum Gasteiger partial charge on any atom is -0.748 e. The summed E-state index contributed by atoms with van der Waals surface area (Å²) < 4.78 is 37.0. The van der Waals surface area contributed by atoms with Crippen molar-refractivity contribution in [2.24, 2.45) is 0 Å².